The van der Waals surface area contributed by atoms with Crippen LogP contribution in [0, 0.1) is 6.92 Å². The minimum atomic E-state index is -0.345. The molecule has 0 fully saturated rings. The highest BCUT2D eigenvalue weighted by Gasteiger charge is 2.21. The Morgan fingerprint density at radius 1 is 1.26 bits per heavy atom. The van der Waals surface area contributed by atoms with Crippen LogP contribution in [0.25, 0.3) is 11.0 Å². The maximum Gasteiger partial charge on any atom is 0.291 e. The number of aryl methyl sites for hydroxylation is 1. The van der Waals surface area contributed by atoms with E-state index in [4.69, 9.17) is 4.42 Å². The first-order valence-electron chi connectivity index (χ1n) is 8.26. The second-order valence-electron chi connectivity index (χ2n) is 5.95. The Labute approximate surface area is 164 Å². The van der Waals surface area contributed by atoms with Gasteiger partial charge in [-0.05, 0) is 25.1 Å². The summed E-state index contributed by atoms with van der Waals surface area (Å²) in [5, 5.41) is 15.3. The monoisotopic (exact) mass is 396 g/mol. The molecule has 0 radical (unpaired) electrons. The van der Waals surface area contributed by atoms with Crippen molar-refractivity contribution < 1.29 is 14.3 Å². The van der Waals surface area contributed by atoms with Crippen molar-refractivity contribution in [2.75, 3.05) is 5.32 Å². The molecule has 0 aliphatic carbocycles. The number of aromatic hydroxyl groups is 1. The van der Waals surface area contributed by atoms with E-state index >= 15 is 0 Å². The zero-order valence-corrected chi connectivity index (χ0v) is 16.1. The van der Waals surface area contributed by atoms with Gasteiger partial charge in [-0.3, -0.25) is 4.79 Å². The minimum Gasteiger partial charge on any atom is -0.508 e. The number of furan rings is 1. The number of rotatable bonds is 5. The van der Waals surface area contributed by atoms with Crippen LogP contribution in [0.15, 0.2) is 62.7 Å². The second-order valence-corrected chi connectivity index (χ2v) is 8.03. The van der Waals surface area contributed by atoms with Gasteiger partial charge in [0, 0.05) is 39.5 Å². The molecule has 136 valence electrons. The number of para-hydroxylation sites is 1. The summed E-state index contributed by atoms with van der Waals surface area (Å²) >= 11 is 3.17. The predicted molar refractivity (Wildman–Crippen MR) is 109 cm³/mol. The van der Waals surface area contributed by atoms with Gasteiger partial charge in [0.2, 0.25) is 0 Å². The van der Waals surface area contributed by atoms with Gasteiger partial charge in [0.15, 0.2) is 5.76 Å². The standard InChI is InChI=1S/C20H16N2O3S2/c1-12-10-26-20(21-12)27-11-16-15-7-2-3-8-17(15)25-18(16)19(24)22-13-5-4-6-14(23)9-13/h2-10,23H,11H2,1H3,(H,22,24). The summed E-state index contributed by atoms with van der Waals surface area (Å²) in [5.41, 5.74) is 3.00. The van der Waals surface area contributed by atoms with Gasteiger partial charge in [-0.15, -0.1) is 11.3 Å². The van der Waals surface area contributed by atoms with Crippen molar-refractivity contribution in [3.63, 3.8) is 0 Å². The maximum absolute atomic E-state index is 12.8. The molecule has 5 nitrogen and oxygen atoms in total. The van der Waals surface area contributed by atoms with E-state index in [-0.39, 0.29) is 17.4 Å². The van der Waals surface area contributed by atoms with E-state index in [1.54, 1.807) is 41.3 Å². The van der Waals surface area contributed by atoms with Crippen LogP contribution in [-0.2, 0) is 5.75 Å². The topological polar surface area (TPSA) is 75.4 Å². The lowest BCUT2D eigenvalue weighted by atomic mass is 10.1. The molecule has 0 saturated heterocycles. The summed E-state index contributed by atoms with van der Waals surface area (Å²) in [6.07, 6.45) is 0. The van der Waals surface area contributed by atoms with Crippen LogP contribution in [0.4, 0.5) is 5.69 Å². The average molecular weight is 396 g/mol. The minimum absolute atomic E-state index is 0.0901. The number of anilines is 1. The molecule has 27 heavy (non-hydrogen) atoms. The van der Waals surface area contributed by atoms with Crippen molar-refractivity contribution in [3.05, 3.63) is 70.9 Å². The van der Waals surface area contributed by atoms with Gasteiger partial charge in [0.05, 0.1) is 0 Å². The third-order valence-electron chi connectivity index (χ3n) is 3.95. The Morgan fingerprint density at radius 3 is 2.89 bits per heavy atom. The zero-order chi connectivity index (χ0) is 18.8. The number of carbonyl (C=O) groups is 1. The van der Waals surface area contributed by atoms with E-state index in [1.165, 1.54) is 6.07 Å². The summed E-state index contributed by atoms with van der Waals surface area (Å²) in [6, 6.07) is 14.0. The number of aromatic nitrogens is 1. The molecular weight excluding hydrogens is 380 g/mol. The molecule has 2 aromatic carbocycles. The fraction of sp³-hybridized carbons (Fsp3) is 0.100. The van der Waals surface area contributed by atoms with Crippen LogP contribution in [0.3, 0.4) is 0 Å². The molecule has 0 unspecified atom stereocenters. The summed E-state index contributed by atoms with van der Waals surface area (Å²) in [7, 11) is 0. The van der Waals surface area contributed by atoms with Gasteiger partial charge in [0.25, 0.3) is 5.91 Å². The lowest BCUT2D eigenvalue weighted by molar-refractivity contribution is 0.0998. The van der Waals surface area contributed by atoms with Gasteiger partial charge < -0.3 is 14.8 Å². The van der Waals surface area contributed by atoms with Crippen LogP contribution in [-0.4, -0.2) is 16.0 Å². The Hall–Kier alpha value is -2.77. The van der Waals surface area contributed by atoms with Crippen molar-refractivity contribution in [2.45, 2.75) is 17.0 Å². The van der Waals surface area contributed by atoms with E-state index in [9.17, 15) is 9.90 Å². The molecule has 0 bridgehead atoms. The van der Waals surface area contributed by atoms with Gasteiger partial charge in [0.1, 0.15) is 15.7 Å². The van der Waals surface area contributed by atoms with Gasteiger partial charge in [-0.2, -0.15) is 0 Å². The molecule has 1 amide bonds. The summed E-state index contributed by atoms with van der Waals surface area (Å²) < 4.78 is 6.81. The van der Waals surface area contributed by atoms with Crippen LogP contribution in [0.5, 0.6) is 5.75 Å². The van der Waals surface area contributed by atoms with E-state index in [0.717, 1.165) is 21.0 Å². The van der Waals surface area contributed by atoms with E-state index in [2.05, 4.69) is 10.3 Å². The molecule has 0 saturated carbocycles. The third-order valence-corrected chi connectivity index (χ3v) is 6.11. The van der Waals surface area contributed by atoms with Crippen molar-refractivity contribution in [3.8, 4) is 5.75 Å². The average Bonchev–Trinajstić information content (AvgIpc) is 3.23. The van der Waals surface area contributed by atoms with Crippen molar-refractivity contribution in [1.82, 2.24) is 4.98 Å². The number of nitrogens with one attached hydrogen (secondary N) is 1. The molecule has 2 aromatic heterocycles. The SMILES string of the molecule is Cc1csc(SCc2c(C(=O)Nc3cccc(O)c3)oc3ccccc23)n1. The number of nitrogens with zero attached hydrogens (tertiary/aromatic N) is 1. The Morgan fingerprint density at radius 2 is 2.11 bits per heavy atom. The molecule has 0 aliphatic rings. The molecule has 2 heterocycles. The largest absolute Gasteiger partial charge is 0.508 e. The van der Waals surface area contributed by atoms with Crippen molar-refractivity contribution in [2.24, 2.45) is 0 Å². The van der Waals surface area contributed by atoms with Crippen molar-refractivity contribution >= 4 is 45.7 Å². The summed E-state index contributed by atoms with van der Waals surface area (Å²) in [5.74, 6) is 0.600. The van der Waals surface area contributed by atoms with E-state index in [0.29, 0.717) is 17.0 Å². The number of benzene rings is 2. The van der Waals surface area contributed by atoms with Crippen LogP contribution >= 0.6 is 23.1 Å². The molecule has 4 rings (SSSR count). The number of thioether (sulfide) groups is 1. The third kappa shape index (κ3) is 3.84. The van der Waals surface area contributed by atoms with Gasteiger partial charge in [-0.1, -0.05) is 36.0 Å². The first-order chi connectivity index (χ1) is 13.1. The summed E-state index contributed by atoms with van der Waals surface area (Å²) in [4.78, 5) is 17.3. The number of hydrogen-bond acceptors (Lipinski definition) is 6. The maximum atomic E-state index is 12.8. The molecule has 2 N–H and O–H groups in total. The highest BCUT2D eigenvalue weighted by molar-refractivity contribution is 8.00. The number of fused-ring (bicyclic) bond motifs is 1. The number of hydrogen-bond donors (Lipinski definition) is 2. The molecular formula is C20H16N2O3S2. The van der Waals surface area contributed by atoms with Crippen LogP contribution < -0.4 is 5.32 Å². The molecule has 0 spiro atoms. The number of carbonyl (C=O) groups excluding carboxylic acids is 1. The lowest BCUT2D eigenvalue weighted by Crippen LogP contribution is -2.12. The quantitative estimate of drug-likeness (QED) is 0.439. The van der Waals surface area contributed by atoms with E-state index in [1.807, 2.05) is 36.6 Å². The normalized spacial score (nSPS) is 11.0. The van der Waals surface area contributed by atoms with E-state index < -0.39 is 0 Å². The highest BCUT2D eigenvalue weighted by atomic mass is 32.2. The smallest absolute Gasteiger partial charge is 0.291 e. The Bertz CT molecular complexity index is 1120. The fourth-order valence-electron chi connectivity index (χ4n) is 2.73. The highest BCUT2D eigenvalue weighted by Crippen LogP contribution is 2.33. The molecule has 7 heteroatoms. The Kier molecular flexibility index (Phi) is 4.87. The first-order valence-corrected chi connectivity index (χ1v) is 10.1. The number of thiazole rings is 1. The predicted octanol–water partition coefficient (Wildman–Crippen LogP) is 5.45. The Balaban J connectivity index is 1.65. The van der Waals surface area contributed by atoms with Gasteiger partial charge >= 0.3 is 0 Å². The van der Waals surface area contributed by atoms with Crippen LogP contribution in [0.1, 0.15) is 21.8 Å². The second kappa shape index (κ2) is 7.46. The molecule has 0 aliphatic heterocycles. The first kappa shape index (κ1) is 17.6. The van der Waals surface area contributed by atoms with Gasteiger partial charge in [-0.25, -0.2) is 4.98 Å². The number of amides is 1. The molecule has 0 atom stereocenters. The zero-order valence-electron chi connectivity index (χ0n) is 14.4. The summed E-state index contributed by atoms with van der Waals surface area (Å²) in [6.45, 7) is 1.96. The molecule has 4 aromatic rings. The number of phenols is 1. The fourth-order valence-corrected chi connectivity index (χ4v) is 4.61. The van der Waals surface area contributed by atoms with Crippen molar-refractivity contribution in [1.29, 1.82) is 0 Å². The lowest BCUT2D eigenvalue weighted by Gasteiger charge is -2.05. The van der Waals surface area contributed by atoms with Crippen LogP contribution in [0.2, 0.25) is 0 Å². The number of phenolic OH excluding ortho intramolecular Hbond substituents is 1.